The standard InChI is InChI=1S/C19H23FN2O3/c1-24-17-8-6-14(7-9-17)10-11-21-19(23)22-13-18(25-2)15-4-3-5-16(20)12-15/h3-9,12,18H,10-11,13H2,1-2H3,(H2,21,22,23). The van der Waals surface area contributed by atoms with Crippen molar-refractivity contribution in [1.82, 2.24) is 10.6 Å². The van der Waals surface area contributed by atoms with E-state index in [2.05, 4.69) is 10.6 Å². The van der Waals surface area contributed by atoms with Crippen molar-refractivity contribution in [3.05, 3.63) is 65.5 Å². The summed E-state index contributed by atoms with van der Waals surface area (Å²) in [6.45, 7) is 0.768. The van der Waals surface area contributed by atoms with Gasteiger partial charge in [0.15, 0.2) is 0 Å². The Balaban J connectivity index is 1.73. The second-order valence-corrected chi connectivity index (χ2v) is 5.51. The van der Waals surface area contributed by atoms with Gasteiger partial charge in [-0.3, -0.25) is 0 Å². The lowest BCUT2D eigenvalue weighted by Gasteiger charge is -2.17. The zero-order valence-corrected chi connectivity index (χ0v) is 14.4. The molecule has 2 aromatic rings. The second-order valence-electron chi connectivity index (χ2n) is 5.51. The highest BCUT2D eigenvalue weighted by atomic mass is 19.1. The van der Waals surface area contributed by atoms with Crippen molar-refractivity contribution in [1.29, 1.82) is 0 Å². The maximum absolute atomic E-state index is 13.3. The number of benzene rings is 2. The molecule has 1 unspecified atom stereocenters. The Morgan fingerprint density at radius 2 is 1.88 bits per heavy atom. The molecule has 0 spiro atoms. The van der Waals surface area contributed by atoms with Gasteiger partial charge in [0.05, 0.1) is 13.2 Å². The molecular formula is C19H23FN2O3. The number of ether oxygens (including phenoxy) is 2. The van der Waals surface area contributed by atoms with Crippen LogP contribution >= 0.6 is 0 Å². The molecule has 2 aromatic carbocycles. The Bertz CT molecular complexity index is 677. The van der Waals surface area contributed by atoms with Gasteiger partial charge in [-0.2, -0.15) is 0 Å². The van der Waals surface area contributed by atoms with E-state index in [1.165, 1.54) is 19.2 Å². The van der Waals surface area contributed by atoms with E-state index in [0.29, 0.717) is 12.1 Å². The summed E-state index contributed by atoms with van der Waals surface area (Å²) < 4.78 is 23.7. The van der Waals surface area contributed by atoms with E-state index in [1.54, 1.807) is 19.2 Å². The molecular weight excluding hydrogens is 323 g/mol. The molecule has 0 saturated heterocycles. The summed E-state index contributed by atoms with van der Waals surface area (Å²) >= 11 is 0. The average molecular weight is 346 g/mol. The number of urea groups is 1. The maximum Gasteiger partial charge on any atom is 0.314 e. The van der Waals surface area contributed by atoms with Crippen LogP contribution < -0.4 is 15.4 Å². The Morgan fingerprint density at radius 3 is 2.52 bits per heavy atom. The summed E-state index contributed by atoms with van der Waals surface area (Å²) in [5.41, 5.74) is 1.79. The van der Waals surface area contributed by atoms with Gasteiger partial charge in [0.1, 0.15) is 11.6 Å². The Kier molecular flexibility index (Phi) is 7.22. The number of amides is 2. The minimum absolute atomic E-state index is 0.258. The monoisotopic (exact) mass is 346 g/mol. The molecule has 6 heteroatoms. The number of hydrogen-bond acceptors (Lipinski definition) is 3. The topological polar surface area (TPSA) is 59.6 Å². The lowest BCUT2D eigenvalue weighted by Crippen LogP contribution is -2.39. The van der Waals surface area contributed by atoms with Crippen LogP contribution in [0.25, 0.3) is 0 Å². The molecule has 0 aliphatic carbocycles. The molecule has 134 valence electrons. The summed E-state index contributed by atoms with van der Waals surface area (Å²) in [6, 6.07) is 13.6. The summed E-state index contributed by atoms with van der Waals surface area (Å²) in [7, 11) is 3.15. The van der Waals surface area contributed by atoms with Gasteiger partial charge in [-0.05, 0) is 41.8 Å². The number of carbonyl (C=O) groups is 1. The normalized spacial score (nSPS) is 11.6. The van der Waals surface area contributed by atoms with Crippen molar-refractivity contribution < 1.29 is 18.7 Å². The van der Waals surface area contributed by atoms with Gasteiger partial charge >= 0.3 is 6.03 Å². The number of rotatable bonds is 8. The molecule has 0 radical (unpaired) electrons. The van der Waals surface area contributed by atoms with Crippen molar-refractivity contribution in [3.8, 4) is 5.75 Å². The van der Waals surface area contributed by atoms with Crippen LogP contribution in [0.3, 0.4) is 0 Å². The number of halogens is 1. The molecule has 0 aromatic heterocycles. The molecule has 2 rings (SSSR count). The zero-order chi connectivity index (χ0) is 18.1. The van der Waals surface area contributed by atoms with Crippen molar-refractivity contribution in [3.63, 3.8) is 0 Å². The molecule has 0 aliphatic rings. The van der Waals surface area contributed by atoms with Crippen LogP contribution in [0.1, 0.15) is 17.2 Å². The molecule has 0 heterocycles. The molecule has 2 amide bonds. The van der Waals surface area contributed by atoms with Crippen LogP contribution in [0, 0.1) is 5.82 Å². The molecule has 0 fully saturated rings. The second kappa shape index (κ2) is 9.64. The van der Waals surface area contributed by atoms with Crippen molar-refractivity contribution in [2.24, 2.45) is 0 Å². The summed E-state index contributed by atoms with van der Waals surface area (Å²) in [6.07, 6.45) is 0.317. The largest absolute Gasteiger partial charge is 0.497 e. The summed E-state index contributed by atoms with van der Waals surface area (Å²) in [4.78, 5) is 11.9. The van der Waals surface area contributed by atoms with E-state index in [9.17, 15) is 9.18 Å². The fourth-order valence-corrected chi connectivity index (χ4v) is 2.40. The third-order valence-corrected chi connectivity index (χ3v) is 3.81. The number of hydrogen-bond donors (Lipinski definition) is 2. The van der Waals surface area contributed by atoms with Gasteiger partial charge in [0.2, 0.25) is 0 Å². The number of carbonyl (C=O) groups excluding carboxylic acids is 1. The predicted molar refractivity (Wildman–Crippen MR) is 94.2 cm³/mol. The van der Waals surface area contributed by atoms with Gasteiger partial charge < -0.3 is 20.1 Å². The lowest BCUT2D eigenvalue weighted by atomic mass is 10.1. The maximum atomic E-state index is 13.3. The summed E-state index contributed by atoms with van der Waals surface area (Å²) in [5.74, 6) is 0.473. The van der Waals surface area contributed by atoms with Gasteiger partial charge in [-0.25, -0.2) is 9.18 Å². The SMILES string of the molecule is COc1ccc(CCNC(=O)NCC(OC)c2cccc(F)c2)cc1. The van der Waals surface area contributed by atoms with Crippen LogP contribution in [0.4, 0.5) is 9.18 Å². The van der Waals surface area contributed by atoms with Gasteiger partial charge in [-0.1, -0.05) is 24.3 Å². The van der Waals surface area contributed by atoms with Gasteiger partial charge in [-0.15, -0.1) is 0 Å². The minimum Gasteiger partial charge on any atom is -0.497 e. The smallest absolute Gasteiger partial charge is 0.314 e. The molecule has 5 nitrogen and oxygen atoms in total. The molecule has 1 atom stereocenters. The van der Waals surface area contributed by atoms with E-state index in [4.69, 9.17) is 9.47 Å². The fourth-order valence-electron chi connectivity index (χ4n) is 2.40. The Labute approximate surface area is 147 Å². The first kappa shape index (κ1) is 18.7. The first-order valence-corrected chi connectivity index (χ1v) is 8.05. The number of nitrogens with one attached hydrogen (secondary N) is 2. The van der Waals surface area contributed by atoms with Crippen LogP contribution in [0.2, 0.25) is 0 Å². The highest BCUT2D eigenvalue weighted by molar-refractivity contribution is 5.73. The minimum atomic E-state index is -0.400. The molecule has 0 bridgehead atoms. The Morgan fingerprint density at radius 1 is 1.12 bits per heavy atom. The van der Waals surface area contributed by atoms with E-state index < -0.39 is 6.10 Å². The van der Waals surface area contributed by atoms with Crippen LogP contribution in [-0.2, 0) is 11.2 Å². The fraction of sp³-hybridized carbons (Fsp3) is 0.316. The van der Waals surface area contributed by atoms with Crippen molar-refractivity contribution in [2.45, 2.75) is 12.5 Å². The van der Waals surface area contributed by atoms with E-state index in [-0.39, 0.29) is 18.4 Å². The zero-order valence-electron chi connectivity index (χ0n) is 14.4. The van der Waals surface area contributed by atoms with E-state index >= 15 is 0 Å². The summed E-state index contributed by atoms with van der Waals surface area (Å²) in [5, 5.41) is 5.53. The average Bonchev–Trinajstić information content (AvgIpc) is 2.63. The predicted octanol–water partition coefficient (Wildman–Crippen LogP) is 3.06. The highest BCUT2D eigenvalue weighted by Gasteiger charge is 2.12. The van der Waals surface area contributed by atoms with Crippen molar-refractivity contribution in [2.75, 3.05) is 27.3 Å². The van der Waals surface area contributed by atoms with E-state index in [1.807, 2.05) is 24.3 Å². The van der Waals surface area contributed by atoms with E-state index in [0.717, 1.165) is 17.7 Å². The number of methoxy groups -OCH3 is 2. The quantitative estimate of drug-likeness (QED) is 0.772. The lowest BCUT2D eigenvalue weighted by molar-refractivity contribution is 0.103. The third kappa shape index (κ3) is 6.08. The molecule has 25 heavy (non-hydrogen) atoms. The highest BCUT2D eigenvalue weighted by Crippen LogP contribution is 2.16. The molecule has 2 N–H and O–H groups in total. The Hall–Kier alpha value is -2.60. The molecule has 0 aliphatic heterocycles. The van der Waals surface area contributed by atoms with Crippen LogP contribution in [0.5, 0.6) is 5.75 Å². The van der Waals surface area contributed by atoms with Gasteiger partial charge in [0.25, 0.3) is 0 Å². The first-order chi connectivity index (χ1) is 12.1. The van der Waals surface area contributed by atoms with Gasteiger partial charge in [0, 0.05) is 20.2 Å². The molecule has 0 saturated carbocycles. The first-order valence-electron chi connectivity index (χ1n) is 8.05. The van der Waals surface area contributed by atoms with Crippen molar-refractivity contribution >= 4 is 6.03 Å². The van der Waals surface area contributed by atoms with Crippen LogP contribution in [0.15, 0.2) is 48.5 Å². The van der Waals surface area contributed by atoms with Crippen LogP contribution in [-0.4, -0.2) is 33.3 Å². The third-order valence-electron chi connectivity index (χ3n) is 3.81.